The van der Waals surface area contributed by atoms with E-state index in [4.69, 9.17) is 5.73 Å². The number of halogens is 1. The Morgan fingerprint density at radius 1 is 1.48 bits per heavy atom. The Hall–Kier alpha value is -1.31. The van der Waals surface area contributed by atoms with E-state index in [-0.39, 0.29) is 5.91 Å². The molecular weight excluding hydrogens is 352 g/mol. The topological polar surface area (TPSA) is 80.9 Å². The van der Waals surface area contributed by atoms with Crippen molar-refractivity contribution in [3.8, 4) is 10.6 Å². The summed E-state index contributed by atoms with van der Waals surface area (Å²) < 4.78 is 0.971. The second-order valence-corrected chi connectivity index (χ2v) is 6.94. The molecule has 3 N–H and O–H groups in total. The minimum Gasteiger partial charge on any atom is -0.318 e. The van der Waals surface area contributed by atoms with Crippen LogP contribution < -0.4 is 11.1 Å². The van der Waals surface area contributed by atoms with Crippen LogP contribution in [-0.4, -0.2) is 21.6 Å². The summed E-state index contributed by atoms with van der Waals surface area (Å²) in [5, 5.41) is 12.1. The van der Waals surface area contributed by atoms with Gasteiger partial charge in [-0.25, -0.2) is 0 Å². The monoisotopic (exact) mass is 368 g/mol. The molecule has 7 heteroatoms. The fraction of sp³-hybridized carbons (Fsp3) is 0.357. The highest BCUT2D eigenvalue weighted by Crippen LogP contribution is 2.28. The first kappa shape index (κ1) is 16.1. The van der Waals surface area contributed by atoms with Gasteiger partial charge in [-0.15, -0.1) is 10.2 Å². The number of hydrogen-bond acceptors (Lipinski definition) is 5. The molecule has 2 aromatic rings. The van der Waals surface area contributed by atoms with Crippen LogP contribution in [0.15, 0.2) is 28.7 Å². The SMILES string of the molecule is CCCC(C)(N)C(=O)Nc1nnc(-c2cccc(Br)c2)s1. The number of hydrogen-bond donors (Lipinski definition) is 2. The highest BCUT2D eigenvalue weighted by atomic mass is 79.9. The Bertz CT molecular complexity index is 641. The predicted octanol–water partition coefficient (Wildman–Crippen LogP) is 3.42. The lowest BCUT2D eigenvalue weighted by Gasteiger charge is -2.21. The van der Waals surface area contributed by atoms with Crippen LogP contribution >= 0.6 is 27.3 Å². The predicted molar refractivity (Wildman–Crippen MR) is 89.2 cm³/mol. The largest absolute Gasteiger partial charge is 0.318 e. The van der Waals surface area contributed by atoms with Crippen molar-refractivity contribution in [3.05, 3.63) is 28.7 Å². The van der Waals surface area contributed by atoms with Crippen LogP contribution in [0.2, 0.25) is 0 Å². The third kappa shape index (κ3) is 4.09. The zero-order valence-corrected chi connectivity index (χ0v) is 14.3. The van der Waals surface area contributed by atoms with Crippen molar-refractivity contribution in [2.75, 3.05) is 5.32 Å². The summed E-state index contributed by atoms with van der Waals surface area (Å²) in [6.45, 7) is 3.72. The molecule has 1 amide bonds. The van der Waals surface area contributed by atoms with Gasteiger partial charge in [0.1, 0.15) is 5.01 Å². The maximum Gasteiger partial charge on any atom is 0.245 e. The molecule has 0 radical (unpaired) electrons. The Morgan fingerprint density at radius 3 is 2.90 bits per heavy atom. The number of nitrogens with zero attached hydrogens (tertiary/aromatic N) is 2. The molecule has 112 valence electrons. The normalized spacial score (nSPS) is 13.7. The molecule has 21 heavy (non-hydrogen) atoms. The van der Waals surface area contributed by atoms with Crippen molar-refractivity contribution < 1.29 is 4.79 Å². The molecule has 1 atom stereocenters. The summed E-state index contributed by atoms with van der Waals surface area (Å²) >= 11 is 4.75. The molecule has 0 spiro atoms. The van der Waals surface area contributed by atoms with Gasteiger partial charge in [0.05, 0.1) is 5.54 Å². The lowest BCUT2D eigenvalue weighted by atomic mass is 9.97. The Labute approximate surface area is 136 Å². The van der Waals surface area contributed by atoms with Crippen LogP contribution in [0.4, 0.5) is 5.13 Å². The molecule has 0 aliphatic heterocycles. The quantitative estimate of drug-likeness (QED) is 0.846. The van der Waals surface area contributed by atoms with Crippen molar-refractivity contribution in [1.29, 1.82) is 0 Å². The van der Waals surface area contributed by atoms with Gasteiger partial charge in [0, 0.05) is 10.0 Å². The highest BCUT2D eigenvalue weighted by Gasteiger charge is 2.28. The molecule has 0 aliphatic rings. The molecular formula is C14H17BrN4OS. The van der Waals surface area contributed by atoms with Crippen molar-refractivity contribution in [3.63, 3.8) is 0 Å². The molecule has 1 heterocycles. The molecule has 0 saturated heterocycles. The van der Waals surface area contributed by atoms with Gasteiger partial charge in [0.15, 0.2) is 0 Å². The van der Waals surface area contributed by atoms with E-state index in [1.165, 1.54) is 11.3 Å². The molecule has 5 nitrogen and oxygen atoms in total. The molecule has 0 bridgehead atoms. The first-order valence-electron chi connectivity index (χ1n) is 6.62. The van der Waals surface area contributed by atoms with Crippen LogP contribution in [-0.2, 0) is 4.79 Å². The first-order valence-corrected chi connectivity index (χ1v) is 8.23. The summed E-state index contributed by atoms with van der Waals surface area (Å²) in [5.41, 5.74) is 6.05. The lowest BCUT2D eigenvalue weighted by Crippen LogP contribution is -2.48. The van der Waals surface area contributed by atoms with Crippen molar-refractivity contribution >= 4 is 38.3 Å². The second-order valence-electron chi connectivity index (χ2n) is 5.04. The number of benzene rings is 1. The molecule has 2 rings (SSSR count). The number of aromatic nitrogens is 2. The van der Waals surface area contributed by atoms with E-state index in [2.05, 4.69) is 31.4 Å². The van der Waals surface area contributed by atoms with Gasteiger partial charge in [0.25, 0.3) is 0 Å². The number of rotatable bonds is 5. The van der Waals surface area contributed by atoms with E-state index in [1.807, 2.05) is 31.2 Å². The third-order valence-corrected chi connectivity index (χ3v) is 4.39. The smallest absolute Gasteiger partial charge is 0.245 e. The molecule has 1 aromatic carbocycles. The number of carbonyl (C=O) groups is 1. The van der Waals surface area contributed by atoms with Crippen molar-refractivity contribution in [2.45, 2.75) is 32.2 Å². The molecule has 1 aromatic heterocycles. The maximum absolute atomic E-state index is 12.1. The standard InChI is InChI=1S/C14H17BrN4OS/c1-3-7-14(2,16)12(20)17-13-19-18-11(21-13)9-5-4-6-10(15)8-9/h4-6,8H,3,7,16H2,1-2H3,(H,17,19,20). The van der Waals surface area contributed by atoms with Crippen molar-refractivity contribution in [1.82, 2.24) is 10.2 Å². The molecule has 1 unspecified atom stereocenters. The summed E-state index contributed by atoms with van der Waals surface area (Å²) in [5.74, 6) is -0.235. The minimum atomic E-state index is -0.893. The van der Waals surface area contributed by atoms with Crippen LogP contribution in [0.3, 0.4) is 0 Å². The average Bonchev–Trinajstić information content (AvgIpc) is 2.87. The van der Waals surface area contributed by atoms with Crippen LogP contribution in [0.25, 0.3) is 10.6 Å². The Morgan fingerprint density at radius 2 is 2.24 bits per heavy atom. The van der Waals surface area contributed by atoms with E-state index < -0.39 is 5.54 Å². The summed E-state index contributed by atoms with van der Waals surface area (Å²) in [6, 6.07) is 7.77. The minimum absolute atomic E-state index is 0.235. The third-order valence-electron chi connectivity index (χ3n) is 3.01. The van der Waals surface area contributed by atoms with Gasteiger partial charge < -0.3 is 5.73 Å². The van der Waals surface area contributed by atoms with Crippen LogP contribution in [0, 0.1) is 0 Å². The average molecular weight is 369 g/mol. The highest BCUT2D eigenvalue weighted by molar-refractivity contribution is 9.10. The van der Waals surface area contributed by atoms with Gasteiger partial charge >= 0.3 is 0 Å². The Balaban J connectivity index is 2.12. The summed E-state index contributed by atoms with van der Waals surface area (Å²) in [6.07, 6.45) is 1.47. The van der Waals surface area contributed by atoms with Crippen LogP contribution in [0.5, 0.6) is 0 Å². The maximum atomic E-state index is 12.1. The number of nitrogens with one attached hydrogen (secondary N) is 1. The zero-order chi connectivity index (χ0) is 15.5. The molecule has 0 saturated carbocycles. The fourth-order valence-corrected chi connectivity index (χ4v) is 3.02. The van der Waals surface area contributed by atoms with E-state index >= 15 is 0 Å². The Kier molecular flexibility index (Phi) is 5.08. The zero-order valence-electron chi connectivity index (χ0n) is 11.9. The van der Waals surface area contributed by atoms with E-state index in [9.17, 15) is 4.79 Å². The van der Waals surface area contributed by atoms with Gasteiger partial charge in [-0.2, -0.15) is 0 Å². The van der Waals surface area contributed by atoms with Gasteiger partial charge in [-0.1, -0.05) is 52.7 Å². The van der Waals surface area contributed by atoms with E-state index in [0.717, 1.165) is 21.5 Å². The first-order chi connectivity index (χ1) is 9.92. The van der Waals surface area contributed by atoms with Gasteiger partial charge in [0.2, 0.25) is 11.0 Å². The van der Waals surface area contributed by atoms with E-state index in [0.29, 0.717) is 11.6 Å². The summed E-state index contributed by atoms with van der Waals surface area (Å²) in [7, 11) is 0. The van der Waals surface area contributed by atoms with Crippen molar-refractivity contribution in [2.24, 2.45) is 5.73 Å². The number of amides is 1. The number of nitrogens with two attached hydrogens (primary N) is 1. The van der Waals surface area contributed by atoms with Crippen LogP contribution in [0.1, 0.15) is 26.7 Å². The fourth-order valence-electron chi connectivity index (χ4n) is 1.88. The van der Waals surface area contributed by atoms with E-state index in [1.54, 1.807) is 6.92 Å². The number of carbonyl (C=O) groups excluding carboxylic acids is 1. The number of anilines is 1. The molecule has 0 fully saturated rings. The summed E-state index contributed by atoms with van der Waals surface area (Å²) in [4.78, 5) is 12.1. The second kappa shape index (κ2) is 6.64. The lowest BCUT2D eigenvalue weighted by molar-refractivity contribution is -0.120. The molecule has 0 aliphatic carbocycles. The van der Waals surface area contributed by atoms with Gasteiger partial charge in [-0.3, -0.25) is 10.1 Å². The van der Waals surface area contributed by atoms with Gasteiger partial charge in [-0.05, 0) is 25.5 Å².